The number of alkyl halides is 3. The molecule has 1 aromatic heterocycles. The Morgan fingerprint density at radius 3 is 2.83 bits per heavy atom. The van der Waals surface area contributed by atoms with Crippen LogP contribution in [0.15, 0.2) is 23.3 Å². The van der Waals surface area contributed by atoms with Crippen molar-refractivity contribution in [3.63, 3.8) is 0 Å². The molecular formula is C19H29F3N6O. The largest absolute Gasteiger partial charge is 0.401 e. The predicted octanol–water partition coefficient (Wildman–Crippen LogP) is 1.61. The van der Waals surface area contributed by atoms with Gasteiger partial charge in [-0.25, -0.2) is 9.98 Å². The lowest BCUT2D eigenvalue weighted by Crippen LogP contribution is -2.45. The number of nitrogens with one attached hydrogen (secondary N) is 2. The van der Waals surface area contributed by atoms with Crippen LogP contribution in [0.5, 0.6) is 0 Å². The number of aliphatic imine (C=N–C) groups is 1. The van der Waals surface area contributed by atoms with E-state index in [0.29, 0.717) is 51.8 Å². The summed E-state index contributed by atoms with van der Waals surface area (Å²) >= 11 is 0. The Kier molecular flexibility index (Phi) is 7.54. The van der Waals surface area contributed by atoms with E-state index in [1.54, 1.807) is 6.20 Å². The van der Waals surface area contributed by atoms with Crippen molar-refractivity contribution in [2.75, 3.05) is 57.4 Å². The standard InChI is InChI=1S/C19H29F3N6O/c1-2-23-18(26-16-5-7-27(13-16)14-19(20,21)22)25-12-15-4-3-6-24-17(15)28-8-10-29-11-9-28/h3-4,6,16H,2,5,7-14H2,1H3,(H2,23,25,26). The molecule has 10 heteroatoms. The average molecular weight is 414 g/mol. The maximum Gasteiger partial charge on any atom is 0.401 e. The van der Waals surface area contributed by atoms with Crippen molar-refractivity contribution in [3.05, 3.63) is 23.9 Å². The molecule has 162 valence electrons. The summed E-state index contributed by atoms with van der Waals surface area (Å²) < 4.78 is 43.2. The second-order valence-corrected chi connectivity index (χ2v) is 7.26. The molecule has 3 rings (SSSR count). The number of morpholine rings is 1. The molecule has 1 unspecified atom stereocenters. The minimum atomic E-state index is -4.16. The van der Waals surface area contributed by atoms with Gasteiger partial charge in [0.1, 0.15) is 5.82 Å². The van der Waals surface area contributed by atoms with E-state index in [9.17, 15) is 13.2 Å². The third-order valence-electron chi connectivity index (χ3n) is 4.95. The van der Waals surface area contributed by atoms with Crippen molar-refractivity contribution < 1.29 is 17.9 Å². The highest BCUT2D eigenvalue weighted by Crippen LogP contribution is 2.21. The van der Waals surface area contributed by atoms with E-state index >= 15 is 0 Å². The van der Waals surface area contributed by atoms with Crippen molar-refractivity contribution in [1.29, 1.82) is 0 Å². The second kappa shape index (κ2) is 10.1. The molecule has 2 aliphatic rings. The van der Waals surface area contributed by atoms with Gasteiger partial charge in [0, 0.05) is 50.5 Å². The topological polar surface area (TPSA) is 65.0 Å². The molecule has 0 amide bonds. The smallest absolute Gasteiger partial charge is 0.378 e. The van der Waals surface area contributed by atoms with Gasteiger partial charge >= 0.3 is 6.18 Å². The highest BCUT2D eigenvalue weighted by Gasteiger charge is 2.34. The molecule has 2 fully saturated rings. The fraction of sp³-hybridized carbons (Fsp3) is 0.684. The van der Waals surface area contributed by atoms with Crippen molar-refractivity contribution in [1.82, 2.24) is 20.5 Å². The third kappa shape index (κ3) is 6.74. The van der Waals surface area contributed by atoms with Crippen LogP contribution in [0.2, 0.25) is 0 Å². The van der Waals surface area contributed by atoms with Gasteiger partial charge in [0.25, 0.3) is 0 Å². The SMILES string of the molecule is CCNC(=NCc1cccnc1N1CCOCC1)NC1CCN(CC(F)(F)F)C1. The molecule has 2 N–H and O–H groups in total. The Balaban J connectivity index is 1.61. The van der Waals surface area contributed by atoms with Gasteiger partial charge in [0.2, 0.25) is 0 Å². The summed E-state index contributed by atoms with van der Waals surface area (Å²) in [5.41, 5.74) is 1.01. The molecule has 3 heterocycles. The minimum Gasteiger partial charge on any atom is -0.378 e. The monoisotopic (exact) mass is 414 g/mol. The van der Waals surface area contributed by atoms with Crippen LogP contribution in [-0.4, -0.2) is 80.5 Å². The number of pyridine rings is 1. The molecule has 7 nitrogen and oxygen atoms in total. The van der Waals surface area contributed by atoms with Crippen LogP contribution in [0.3, 0.4) is 0 Å². The zero-order valence-electron chi connectivity index (χ0n) is 16.7. The van der Waals surface area contributed by atoms with E-state index in [1.807, 2.05) is 19.1 Å². The Labute approximate surface area is 169 Å². The third-order valence-corrected chi connectivity index (χ3v) is 4.95. The number of anilines is 1. The summed E-state index contributed by atoms with van der Waals surface area (Å²) in [5, 5.41) is 6.46. The number of ether oxygens (including phenoxy) is 1. The number of likely N-dealkylation sites (tertiary alicyclic amines) is 1. The van der Waals surface area contributed by atoms with Gasteiger partial charge in [0.05, 0.1) is 26.3 Å². The number of hydrogen-bond acceptors (Lipinski definition) is 5. The summed E-state index contributed by atoms with van der Waals surface area (Å²) in [4.78, 5) is 12.8. The molecule has 1 atom stereocenters. The van der Waals surface area contributed by atoms with Gasteiger partial charge in [-0.2, -0.15) is 13.2 Å². The van der Waals surface area contributed by atoms with E-state index in [4.69, 9.17) is 4.74 Å². The zero-order chi connectivity index (χ0) is 20.7. The van der Waals surface area contributed by atoms with Crippen LogP contribution in [-0.2, 0) is 11.3 Å². The fourth-order valence-corrected chi connectivity index (χ4v) is 3.64. The van der Waals surface area contributed by atoms with E-state index in [2.05, 4.69) is 25.5 Å². The Hall–Kier alpha value is -2.07. The van der Waals surface area contributed by atoms with Crippen molar-refractivity contribution in [2.45, 2.75) is 32.1 Å². The first-order chi connectivity index (χ1) is 13.9. The van der Waals surface area contributed by atoms with E-state index in [-0.39, 0.29) is 6.04 Å². The van der Waals surface area contributed by atoms with E-state index in [0.717, 1.165) is 24.5 Å². The number of nitrogens with zero attached hydrogens (tertiary/aromatic N) is 4. The lowest BCUT2D eigenvalue weighted by Gasteiger charge is -2.29. The highest BCUT2D eigenvalue weighted by molar-refractivity contribution is 5.80. The van der Waals surface area contributed by atoms with Crippen molar-refractivity contribution in [2.24, 2.45) is 4.99 Å². The molecule has 2 saturated heterocycles. The van der Waals surface area contributed by atoms with Crippen LogP contribution >= 0.6 is 0 Å². The molecule has 0 radical (unpaired) electrons. The molecule has 0 spiro atoms. The first kappa shape index (κ1) is 21.6. The quantitative estimate of drug-likeness (QED) is 0.545. The fourth-order valence-electron chi connectivity index (χ4n) is 3.64. The molecule has 0 bridgehead atoms. The van der Waals surface area contributed by atoms with Crippen LogP contribution in [0.25, 0.3) is 0 Å². The summed E-state index contributed by atoms with van der Waals surface area (Å²) in [6, 6.07) is 3.84. The predicted molar refractivity (Wildman–Crippen MR) is 106 cm³/mol. The zero-order valence-corrected chi connectivity index (χ0v) is 16.7. The number of hydrogen-bond donors (Lipinski definition) is 2. The number of guanidine groups is 1. The number of rotatable bonds is 6. The number of halogens is 3. The summed E-state index contributed by atoms with van der Waals surface area (Å²) in [6.45, 7) is 5.95. The highest BCUT2D eigenvalue weighted by atomic mass is 19.4. The molecule has 29 heavy (non-hydrogen) atoms. The van der Waals surface area contributed by atoms with Gasteiger partial charge in [-0.1, -0.05) is 6.07 Å². The van der Waals surface area contributed by atoms with E-state index in [1.165, 1.54) is 4.90 Å². The van der Waals surface area contributed by atoms with Gasteiger partial charge in [-0.05, 0) is 19.4 Å². The maximum atomic E-state index is 12.6. The average Bonchev–Trinajstić information content (AvgIpc) is 3.12. The lowest BCUT2D eigenvalue weighted by atomic mass is 10.2. The van der Waals surface area contributed by atoms with Gasteiger partial charge < -0.3 is 20.3 Å². The molecule has 1 aromatic rings. The maximum absolute atomic E-state index is 12.6. The van der Waals surface area contributed by atoms with E-state index < -0.39 is 12.7 Å². The van der Waals surface area contributed by atoms with Crippen molar-refractivity contribution >= 4 is 11.8 Å². The Bertz CT molecular complexity index is 678. The molecular weight excluding hydrogens is 385 g/mol. The second-order valence-electron chi connectivity index (χ2n) is 7.26. The lowest BCUT2D eigenvalue weighted by molar-refractivity contribution is -0.143. The Morgan fingerprint density at radius 1 is 1.31 bits per heavy atom. The van der Waals surface area contributed by atoms with Gasteiger partial charge in [-0.3, -0.25) is 4.90 Å². The van der Waals surface area contributed by atoms with Crippen LogP contribution in [0.1, 0.15) is 18.9 Å². The van der Waals surface area contributed by atoms with Crippen LogP contribution in [0.4, 0.5) is 19.0 Å². The van der Waals surface area contributed by atoms with Crippen LogP contribution in [0, 0.1) is 0 Å². The number of aromatic nitrogens is 1. The van der Waals surface area contributed by atoms with Crippen molar-refractivity contribution in [3.8, 4) is 0 Å². The molecule has 0 aliphatic carbocycles. The summed E-state index contributed by atoms with van der Waals surface area (Å²) in [6.07, 6.45) is -1.73. The molecule has 0 saturated carbocycles. The Morgan fingerprint density at radius 2 is 2.10 bits per heavy atom. The summed E-state index contributed by atoms with van der Waals surface area (Å²) in [5.74, 6) is 1.52. The van der Waals surface area contributed by atoms with Gasteiger partial charge in [-0.15, -0.1) is 0 Å². The summed E-state index contributed by atoms with van der Waals surface area (Å²) in [7, 11) is 0. The minimum absolute atomic E-state index is 0.0530. The van der Waals surface area contributed by atoms with Crippen LogP contribution < -0.4 is 15.5 Å². The molecule has 0 aromatic carbocycles. The first-order valence-corrected chi connectivity index (χ1v) is 10.0. The van der Waals surface area contributed by atoms with Gasteiger partial charge in [0.15, 0.2) is 5.96 Å². The normalized spacial score (nSPS) is 21.4. The molecule has 2 aliphatic heterocycles. The first-order valence-electron chi connectivity index (χ1n) is 10.0.